The second-order valence-corrected chi connectivity index (χ2v) is 5.00. The molecular weight excluding hydrogens is 295 g/mol. The second kappa shape index (κ2) is 5.44. The van der Waals surface area contributed by atoms with Crippen molar-refractivity contribution in [3.8, 4) is 11.5 Å². The van der Waals surface area contributed by atoms with Gasteiger partial charge in [-0.15, -0.1) is 13.2 Å². The number of hydrogen-bond acceptors (Lipinski definition) is 3. The summed E-state index contributed by atoms with van der Waals surface area (Å²) in [6.45, 7) is 0. The lowest BCUT2D eigenvalue weighted by molar-refractivity contribution is -0.274. The highest BCUT2D eigenvalue weighted by Crippen LogP contribution is 2.39. The van der Waals surface area contributed by atoms with Crippen molar-refractivity contribution in [2.45, 2.75) is 18.8 Å². The fourth-order valence-corrected chi connectivity index (χ4v) is 2.65. The highest BCUT2D eigenvalue weighted by Gasteiger charge is 2.31. The maximum absolute atomic E-state index is 12.2. The molecule has 0 radical (unpaired) electrons. The average Bonchev–Trinajstić information content (AvgIpc) is 2.90. The van der Waals surface area contributed by atoms with E-state index in [0.29, 0.717) is 0 Å². The molecule has 0 fully saturated rings. The Morgan fingerprint density at radius 2 is 1.82 bits per heavy atom. The summed E-state index contributed by atoms with van der Waals surface area (Å²) in [6.07, 6.45) is -3.95. The van der Waals surface area contributed by atoms with Crippen LogP contribution in [-0.2, 0) is 6.42 Å². The van der Waals surface area contributed by atoms with E-state index in [1.807, 2.05) is 18.2 Å². The van der Waals surface area contributed by atoms with Gasteiger partial charge in [-0.3, -0.25) is 0 Å². The zero-order valence-electron chi connectivity index (χ0n) is 11.8. The maximum atomic E-state index is 12.2. The number of alkyl halides is 3. The van der Waals surface area contributed by atoms with Gasteiger partial charge in [-0.25, -0.2) is 0 Å². The first-order valence-corrected chi connectivity index (χ1v) is 6.74. The van der Waals surface area contributed by atoms with Crippen LogP contribution < -0.4 is 14.8 Å². The van der Waals surface area contributed by atoms with Gasteiger partial charge in [0.2, 0.25) is 0 Å². The smallest absolute Gasteiger partial charge is 0.496 e. The summed E-state index contributed by atoms with van der Waals surface area (Å²) >= 11 is 0. The number of methoxy groups -OCH3 is 1. The van der Waals surface area contributed by atoms with E-state index in [-0.39, 0.29) is 11.8 Å². The number of fused-ring (bicyclic) bond motifs is 1. The number of hydrogen-bond donors (Lipinski definition) is 1. The molecule has 0 spiro atoms. The van der Waals surface area contributed by atoms with E-state index < -0.39 is 6.36 Å². The van der Waals surface area contributed by atoms with Gasteiger partial charge in [0.15, 0.2) is 0 Å². The molecule has 0 aliphatic carbocycles. The largest absolute Gasteiger partial charge is 0.573 e. The van der Waals surface area contributed by atoms with E-state index in [4.69, 9.17) is 4.74 Å². The molecule has 1 atom stereocenters. The Bertz CT molecular complexity index is 668. The third kappa shape index (κ3) is 2.95. The molecule has 1 unspecified atom stereocenters. The van der Waals surface area contributed by atoms with Crippen LogP contribution in [0.15, 0.2) is 42.5 Å². The molecule has 6 heteroatoms. The number of anilines is 1. The van der Waals surface area contributed by atoms with Gasteiger partial charge in [0, 0.05) is 17.7 Å². The van der Waals surface area contributed by atoms with Crippen molar-refractivity contribution in [1.29, 1.82) is 0 Å². The lowest BCUT2D eigenvalue weighted by Crippen LogP contribution is -2.17. The van der Waals surface area contributed by atoms with Crippen molar-refractivity contribution < 1.29 is 22.6 Å². The molecule has 0 saturated heterocycles. The highest BCUT2D eigenvalue weighted by atomic mass is 19.4. The topological polar surface area (TPSA) is 30.5 Å². The van der Waals surface area contributed by atoms with Crippen molar-refractivity contribution in [3.05, 3.63) is 53.6 Å². The predicted octanol–water partition coefficient (Wildman–Crippen LogP) is 4.30. The normalized spacial score (nSPS) is 16.8. The minimum absolute atomic E-state index is 0.00577. The summed E-state index contributed by atoms with van der Waals surface area (Å²) in [7, 11) is 1.62. The first-order valence-electron chi connectivity index (χ1n) is 6.74. The zero-order valence-corrected chi connectivity index (χ0v) is 11.8. The molecule has 22 heavy (non-hydrogen) atoms. The van der Waals surface area contributed by atoms with Crippen molar-refractivity contribution in [2.75, 3.05) is 12.4 Å². The standard InChI is InChI=1S/C16H14F3NO2/c1-21-15-4-2-3-13-12(15)9-14(20-13)10-5-7-11(8-6-10)22-16(17,18)19/h2-8,14,20H,9H2,1H3. The highest BCUT2D eigenvalue weighted by molar-refractivity contribution is 5.63. The van der Waals surface area contributed by atoms with E-state index in [1.165, 1.54) is 12.1 Å². The third-order valence-electron chi connectivity index (χ3n) is 3.61. The molecule has 0 bridgehead atoms. The van der Waals surface area contributed by atoms with Crippen LogP contribution in [-0.4, -0.2) is 13.5 Å². The molecule has 0 saturated carbocycles. The molecule has 2 aromatic rings. The minimum atomic E-state index is -4.67. The van der Waals surface area contributed by atoms with Crippen LogP contribution >= 0.6 is 0 Å². The van der Waals surface area contributed by atoms with Crippen LogP contribution in [0, 0.1) is 0 Å². The van der Waals surface area contributed by atoms with Crippen LogP contribution in [0.1, 0.15) is 17.2 Å². The molecule has 1 N–H and O–H groups in total. The third-order valence-corrected chi connectivity index (χ3v) is 3.61. The predicted molar refractivity (Wildman–Crippen MR) is 76.2 cm³/mol. The van der Waals surface area contributed by atoms with E-state index in [1.54, 1.807) is 19.2 Å². The van der Waals surface area contributed by atoms with Gasteiger partial charge in [-0.05, 0) is 29.8 Å². The Morgan fingerprint density at radius 1 is 1.09 bits per heavy atom. The Kier molecular flexibility index (Phi) is 3.60. The molecule has 3 nitrogen and oxygen atoms in total. The SMILES string of the molecule is COc1cccc2c1CC(c1ccc(OC(F)(F)F)cc1)N2. The van der Waals surface area contributed by atoms with Gasteiger partial charge in [0.25, 0.3) is 0 Å². The van der Waals surface area contributed by atoms with E-state index in [0.717, 1.165) is 29.0 Å². The maximum Gasteiger partial charge on any atom is 0.573 e. The van der Waals surface area contributed by atoms with E-state index in [9.17, 15) is 13.2 Å². The number of halogens is 3. The Balaban J connectivity index is 1.77. The fourth-order valence-electron chi connectivity index (χ4n) is 2.65. The lowest BCUT2D eigenvalue weighted by atomic mass is 10.0. The van der Waals surface area contributed by atoms with Crippen molar-refractivity contribution in [3.63, 3.8) is 0 Å². The van der Waals surface area contributed by atoms with Crippen LogP contribution in [0.5, 0.6) is 11.5 Å². The summed E-state index contributed by atoms with van der Waals surface area (Å²) in [5.41, 5.74) is 2.96. The molecule has 1 aliphatic rings. The molecule has 0 amide bonds. The number of benzene rings is 2. The van der Waals surface area contributed by atoms with Crippen molar-refractivity contribution >= 4 is 5.69 Å². The van der Waals surface area contributed by atoms with Crippen LogP contribution in [0.4, 0.5) is 18.9 Å². The first-order chi connectivity index (χ1) is 10.5. The minimum Gasteiger partial charge on any atom is -0.496 e. The Hall–Kier alpha value is -2.37. The molecule has 1 aliphatic heterocycles. The lowest BCUT2D eigenvalue weighted by Gasteiger charge is -2.13. The Morgan fingerprint density at radius 3 is 2.45 bits per heavy atom. The van der Waals surface area contributed by atoms with Crippen LogP contribution in [0.25, 0.3) is 0 Å². The Labute approximate surface area is 125 Å². The second-order valence-electron chi connectivity index (χ2n) is 5.00. The van der Waals surface area contributed by atoms with Gasteiger partial charge >= 0.3 is 6.36 Å². The first kappa shape index (κ1) is 14.6. The number of nitrogens with one attached hydrogen (secondary N) is 1. The van der Waals surface area contributed by atoms with Gasteiger partial charge in [-0.2, -0.15) is 0 Å². The number of rotatable bonds is 3. The van der Waals surface area contributed by atoms with Gasteiger partial charge in [0.1, 0.15) is 11.5 Å². The molecule has 2 aromatic carbocycles. The number of ether oxygens (including phenoxy) is 2. The van der Waals surface area contributed by atoms with Gasteiger partial charge in [-0.1, -0.05) is 18.2 Å². The summed E-state index contributed by atoms with van der Waals surface area (Å²) < 4.78 is 45.7. The van der Waals surface area contributed by atoms with Gasteiger partial charge in [0.05, 0.1) is 13.2 Å². The molecule has 1 heterocycles. The van der Waals surface area contributed by atoms with Gasteiger partial charge < -0.3 is 14.8 Å². The summed E-state index contributed by atoms with van der Waals surface area (Å²) in [5, 5.41) is 3.35. The van der Waals surface area contributed by atoms with E-state index >= 15 is 0 Å². The fraction of sp³-hybridized carbons (Fsp3) is 0.250. The molecule has 116 valence electrons. The molecular formula is C16H14F3NO2. The van der Waals surface area contributed by atoms with Crippen molar-refractivity contribution in [2.24, 2.45) is 0 Å². The summed E-state index contributed by atoms with van der Waals surface area (Å²) in [4.78, 5) is 0. The molecule has 0 aromatic heterocycles. The van der Waals surface area contributed by atoms with Crippen LogP contribution in [0.2, 0.25) is 0 Å². The summed E-state index contributed by atoms with van der Waals surface area (Å²) in [6, 6.07) is 11.7. The van der Waals surface area contributed by atoms with Crippen LogP contribution in [0.3, 0.4) is 0 Å². The quantitative estimate of drug-likeness (QED) is 0.917. The van der Waals surface area contributed by atoms with E-state index in [2.05, 4.69) is 10.1 Å². The monoisotopic (exact) mass is 309 g/mol. The summed E-state index contributed by atoms with van der Waals surface area (Å²) in [5.74, 6) is 0.592. The zero-order chi connectivity index (χ0) is 15.7. The average molecular weight is 309 g/mol. The van der Waals surface area contributed by atoms with Crippen molar-refractivity contribution in [1.82, 2.24) is 0 Å². The molecule has 3 rings (SSSR count).